The molecular formula is C23H26F3N3O4. The third-order valence-electron chi connectivity index (χ3n) is 5.24. The smallest absolute Gasteiger partial charge is 0.406 e. The minimum absolute atomic E-state index is 0.159. The Labute approximate surface area is 189 Å². The Morgan fingerprint density at radius 2 is 2.06 bits per heavy atom. The van der Waals surface area contributed by atoms with Gasteiger partial charge in [0.1, 0.15) is 18.1 Å². The van der Waals surface area contributed by atoms with Gasteiger partial charge in [0.25, 0.3) is 0 Å². The molecule has 0 aliphatic carbocycles. The van der Waals surface area contributed by atoms with Crippen LogP contribution in [0.3, 0.4) is 0 Å². The van der Waals surface area contributed by atoms with E-state index in [0.717, 1.165) is 10.7 Å². The molecule has 33 heavy (non-hydrogen) atoms. The molecule has 0 unspecified atom stereocenters. The molecule has 0 spiro atoms. The average Bonchev–Trinajstić information content (AvgIpc) is 2.89. The van der Waals surface area contributed by atoms with Crippen molar-refractivity contribution < 1.29 is 32.2 Å². The van der Waals surface area contributed by atoms with Crippen LogP contribution in [0.1, 0.15) is 24.0 Å². The van der Waals surface area contributed by atoms with Crippen molar-refractivity contribution in [1.29, 1.82) is 0 Å². The van der Waals surface area contributed by atoms with Crippen molar-refractivity contribution in [3.05, 3.63) is 53.7 Å². The van der Waals surface area contributed by atoms with Gasteiger partial charge in [0, 0.05) is 19.3 Å². The third kappa shape index (κ3) is 7.37. The van der Waals surface area contributed by atoms with Crippen molar-refractivity contribution in [3.63, 3.8) is 0 Å². The number of carbonyl (C=O) groups is 2. The fraction of sp³-hybridized carbons (Fsp3) is 0.435. The minimum Gasteiger partial charge on any atom is -0.494 e. The first-order chi connectivity index (χ1) is 15.7. The number of benzene rings is 1. The quantitative estimate of drug-likeness (QED) is 0.450. The zero-order valence-electron chi connectivity index (χ0n) is 18.2. The van der Waals surface area contributed by atoms with Crippen LogP contribution in [0.15, 0.2) is 42.6 Å². The number of anilines is 1. The summed E-state index contributed by atoms with van der Waals surface area (Å²) in [5, 5.41) is 3.17. The van der Waals surface area contributed by atoms with Crippen LogP contribution < -0.4 is 10.1 Å². The molecule has 2 aromatic rings. The van der Waals surface area contributed by atoms with Crippen LogP contribution >= 0.6 is 0 Å². The number of carbonyl (C=O) groups excluding carboxylic acids is 2. The number of amides is 1. The molecule has 1 aliphatic rings. The molecule has 1 N–H and O–H groups in total. The molecule has 2 heterocycles. The maximum absolute atomic E-state index is 13.1. The van der Waals surface area contributed by atoms with Gasteiger partial charge in [-0.2, -0.15) is 13.2 Å². The van der Waals surface area contributed by atoms with Crippen LogP contribution in [0.5, 0.6) is 5.75 Å². The molecule has 1 aromatic carbocycles. The third-order valence-corrected chi connectivity index (χ3v) is 5.24. The van der Waals surface area contributed by atoms with E-state index < -0.39 is 30.5 Å². The molecule has 0 radical (unpaired) electrons. The Morgan fingerprint density at radius 1 is 1.24 bits per heavy atom. The van der Waals surface area contributed by atoms with E-state index in [1.54, 1.807) is 24.4 Å². The lowest BCUT2D eigenvalue weighted by Crippen LogP contribution is -2.41. The van der Waals surface area contributed by atoms with Crippen molar-refractivity contribution in [1.82, 2.24) is 9.88 Å². The fourth-order valence-corrected chi connectivity index (χ4v) is 3.67. The summed E-state index contributed by atoms with van der Waals surface area (Å²) >= 11 is 0. The Balaban J connectivity index is 1.66. The molecule has 1 atom stereocenters. The number of alkyl halides is 3. The lowest BCUT2D eigenvalue weighted by molar-refractivity contribution is -0.165. The average molecular weight is 465 g/mol. The van der Waals surface area contributed by atoms with Gasteiger partial charge in [-0.05, 0) is 48.2 Å². The van der Waals surface area contributed by atoms with E-state index in [1.807, 2.05) is 18.2 Å². The van der Waals surface area contributed by atoms with Crippen LogP contribution in [0, 0.1) is 5.92 Å². The first kappa shape index (κ1) is 24.3. The van der Waals surface area contributed by atoms with Gasteiger partial charge in [-0.1, -0.05) is 12.1 Å². The van der Waals surface area contributed by atoms with Crippen LogP contribution in [-0.2, 0) is 27.3 Å². The molecule has 7 nitrogen and oxygen atoms in total. The van der Waals surface area contributed by atoms with Gasteiger partial charge in [-0.3, -0.25) is 9.59 Å². The highest BCUT2D eigenvalue weighted by molar-refractivity contribution is 5.84. The number of nitrogens with one attached hydrogen (secondary N) is 1. The van der Waals surface area contributed by atoms with Crippen molar-refractivity contribution in [2.45, 2.75) is 32.0 Å². The predicted octanol–water partition coefficient (Wildman–Crippen LogP) is 3.59. The standard InChI is InChI=1S/C23H26F3N3O4/c1-32-21(30)13-17-11-16-6-7-19(33-10-4-9-28-20-5-2-3-8-27-20)12-18(16)14-29(22(17)31)15-23(24,25)26/h2-3,5-8,12,17H,4,9-11,13-15H2,1H3,(H,27,28)/t17-/m0/s1. The SMILES string of the molecule is COC(=O)C[C@@H]1Cc2ccc(OCCCNc3ccccn3)cc2CN(CC(F)(F)F)C1=O. The van der Waals surface area contributed by atoms with Crippen molar-refractivity contribution >= 4 is 17.7 Å². The zero-order valence-corrected chi connectivity index (χ0v) is 18.2. The number of hydrogen-bond donors (Lipinski definition) is 1. The highest BCUT2D eigenvalue weighted by atomic mass is 19.4. The van der Waals surface area contributed by atoms with Crippen LogP contribution in [0.25, 0.3) is 0 Å². The topological polar surface area (TPSA) is 80.8 Å². The predicted molar refractivity (Wildman–Crippen MR) is 115 cm³/mol. The summed E-state index contributed by atoms with van der Waals surface area (Å²) in [6.45, 7) is -0.545. The number of hydrogen-bond acceptors (Lipinski definition) is 6. The van der Waals surface area contributed by atoms with E-state index >= 15 is 0 Å². The first-order valence-electron chi connectivity index (χ1n) is 10.6. The molecule has 10 heteroatoms. The molecule has 0 fully saturated rings. The van der Waals surface area contributed by atoms with Gasteiger partial charge >= 0.3 is 12.1 Å². The van der Waals surface area contributed by atoms with Gasteiger partial charge in [-0.15, -0.1) is 0 Å². The second-order valence-electron chi connectivity index (χ2n) is 7.77. The normalized spacial score (nSPS) is 16.1. The second-order valence-corrected chi connectivity index (χ2v) is 7.77. The van der Waals surface area contributed by atoms with Gasteiger partial charge in [-0.25, -0.2) is 4.98 Å². The number of fused-ring (bicyclic) bond motifs is 1. The van der Waals surface area contributed by atoms with Gasteiger partial charge in [0.05, 0.1) is 26.1 Å². The number of ether oxygens (including phenoxy) is 2. The summed E-state index contributed by atoms with van der Waals surface area (Å²) in [5.74, 6) is -0.985. The highest BCUT2D eigenvalue weighted by Crippen LogP contribution is 2.30. The van der Waals surface area contributed by atoms with Crippen LogP contribution in [0.2, 0.25) is 0 Å². The lowest BCUT2D eigenvalue weighted by atomic mass is 9.94. The molecule has 3 rings (SSSR count). The molecule has 178 valence electrons. The van der Waals surface area contributed by atoms with E-state index in [4.69, 9.17) is 4.74 Å². The summed E-state index contributed by atoms with van der Waals surface area (Å²) in [6, 6.07) is 10.7. The maximum Gasteiger partial charge on any atom is 0.406 e. The van der Waals surface area contributed by atoms with Crippen LogP contribution in [0.4, 0.5) is 19.0 Å². The summed E-state index contributed by atoms with van der Waals surface area (Å²) in [5.41, 5.74) is 1.29. The van der Waals surface area contributed by atoms with E-state index in [2.05, 4.69) is 15.0 Å². The molecule has 1 amide bonds. The molecule has 0 saturated heterocycles. The number of pyridine rings is 1. The molecule has 0 saturated carbocycles. The van der Waals surface area contributed by atoms with Gasteiger partial charge in [0.15, 0.2) is 0 Å². The van der Waals surface area contributed by atoms with Gasteiger partial charge in [0.2, 0.25) is 5.91 Å². The van der Waals surface area contributed by atoms with Crippen LogP contribution in [-0.4, -0.2) is 54.7 Å². The Hall–Kier alpha value is -3.30. The summed E-state index contributed by atoms with van der Waals surface area (Å²) in [4.78, 5) is 29.4. The van der Waals surface area contributed by atoms with E-state index in [0.29, 0.717) is 36.4 Å². The Bertz CT molecular complexity index is 954. The number of esters is 1. The maximum atomic E-state index is 13.1. The molecular weight excluding hydrogens is 439 g/mol. The fourth-order valence-electron chi connectivity index (χ4n) is 3.67. The Morgan fingerprint density at radius 3 is 2.76 bits per heavy atom. The van der Waals surface area contributed by atoms with E-state index in [1.165, 1.54) is 7.11 Å². The molecule has 1 aromatic heterocycles. The van der Waals surface area contributed by atoms with E-state index in [-0.39, 0.29) is 19.4 Å². The number of nitrogens with zero attached hydrogens (tertiary/aromatic N) is 2. The van der Waals surface area contributed by atoms with Crippen molar-refractivity contribution in [2.24, 2.45) is 5.92 Å². The first-order valence-corrected chi connectivity index (χ1v) is 10.6. The van der Waals surface area contributed by atoms with Gasteiger partial charge < -0.3 is 19.7 Å². The van der Waals surface area contributed by atoms with E-state index in [9.17, 15) is 22.8 Å². The molecule has 1 aliphatic heterocycles. The largest absolute Gasteiger partial charge is 0.494 e. The number of rotatable bonds is 9. The minimum atomic E-state index is -4.55. The van der Waals surface area contributed by atoms with Crippen molar-refractivity contribution in [3.8, 4) is 5.75 Å². The Kier molecular flexibility index (Phi) is 8.13. The summed E-state index contributed by atoms with van der Waals surface area (Å²) in [6.07, 6.45) is -2.29. The summed E-state index contributed by atoms with van der Waals surface area (Å²) in [7, 11) is 1.18. The second kappa shape index (κ2) is 11.0. The number of methoxy groups -OCH3 is 1. The lowest BCUT2D eigenvalue weighted by Gasteiger charge is -2.25. The summed E-state index contributed by atoms with van der Waals surface area (Å²) < 4.78 is 49.7. The van der Waals surface area contributed by atoms with Crippen molar-refractivity contribution in [2.75, 3.05) is 32.1 Å². The number of halogens is 3. The number of aromatic nitrogens is 1. The monoisotopic (exact) mass is 465 g/mol. The molecule has 0 bridgehead atoms. The highest BCUT2D eigenvalue weighted by Gasteiger charge is 2.38. The zero-order chi connectivity index (χ0) is 23.8.